The van der Waals surface area contributed by atoms with Gasteiger partial charge in [-0.2, -0.15) is 0 Å². The van der Waals surface area contributed by atoms with Crippen LogP contribution in [-0.2, 0) is 4.79 Å². The van der Waals surface area contributed by atoms with Crippen LogP contribution < -0.4 is 5.73 Å². The van der Waals surface area contributed by atoms with Gasteiger partial charge in [-0.05, 0) is 62.8 Å². The van der Waals surface area contributed by atoms with E-state index in [1.165, 1.54) is 38.5 Å². The first-order valence-corrected chi connectivity index (χ1v) is 7.67. The minimum Gasteiger partial charge on any atom is -0.343 e. The second kappa shape index (κ2) is 6.55. The van der Waals surface area contributed by atoms with Crippen molar-refractivity contribution in [2.45, 2.75) is 51.9 Å². The molecule has 0 unspecified atom stereocenters. The van der Waals surface area contributed by atoms with Gasteiger partial charge in [-0.25, -0.2) is 0 Å². The molecule has 0 bridgehead atoms. The molecule has 3 heteroatoms. The van der Waals surface area contributed by atoms with Crippen molar-refractivity contribution in [3.63, 3.8) is 0 Å². The molecule has 0 atom stereocenters. The second-order valence-electron chi connectivity index (χ2n) is 6.39. The maximum atomic E-state index is 12.2. The maximum Gasteiger partial charge on any atom is 0.222 e. The van der Waals surface area contributed by atoms with Gasteiger partial charge in [0.25, 0.3) is 0 Å². The number of carbonyl (C=O) groups is 1. The lowest BCUT2D eigenvalue weighted by atomic mass is 9.80. The largest absolute Gasteiger partial charge is 0.343 e. The van der Waals surface area contributed by atoms with Crippen molar-refractivity contribution >= 4 is 5.91 Å². The van der Waals surface area contributed by atoms with Gasteiger partial charge in [0, 0.05) is 19.5 Å². The first kappa shape index (κ1) is 13.9. The highest BCUT2D eigenvalue weighted by molar-refractivity contribution is 5.76. The number of nitrogens with zero attached hydrogens (tertiary/aromatic N) is 1. The van der Waals surface area contributed by atoms with Crippen molar-refractivity contribution in [1.82, 2.24) is 4.90 Å². The molecule has 0 spiro atoms. The number of hydrogen-bond donors (Lipinski definition) is 1. The van der Waals surface area contributed by atoms with Gasteiger partial charge in [-0.3, -0.25) is 4.79 Å². The van der Waals surface area contributed by atoms with Gasteiger partial charge in [0.1, 0.15) is 0 Å². The summed E-state index contributed by atoms with van der Waals surface area (Å²) < 4.78 is 0. The zero-order valence-electron chi connectivity index (χ0n) is 11.7. The average Bonchev–Trinajstić information content (AvgIpc) is 2.40. The molecule has 0 aromatic rings. The van der Waals surface area contributed by atoms with Crippen molar-refractivity contribution < 1.29 is 4.79 Å². The molecule has 2 fully saturated rings. The molecule has 1 heterocycles. The number of piperidine rings is 1. The molecule has 1 aliphatic carbocycles. The van der Waals surface area contributed by atoms with Crippen molar-refractivity contribution in [3.8, 4) is 0 Å². The molecule has 1 amide bonds. The van der Waals surface area contributed by atoms with Gasteiger partial charge in [0.05, 0.1) is 0 Å². The SMILES string of the molecule is CC1CCN(C(=O)CC2CCC(CN)CC2)CC1. The Kier molecular flexibility index (Phi) is 5.04. The smallest absolute Gasteiger partial charge is 0.222 e. The fraction of sp³-hybridized carbons (Fsp3) is 0.933. The summed E-state index contributed by atoms with van der Waals surface area (Å²) in [5.41, 5.74) is 5.70. The van der Waals surface area contributed by atoms with Crippen LogP contribution >= 0.6 is 0 Å². The lowest BCUT2D eigenvalue weighted by Crippen LogP contribution is -2.39. The third kappa shape index (κ3) is 3.71. The van der Waals surface area contributed by atoms with E-state index in [2.05, 4.69) is 11.8 Å². The molecular formula is C15H28N2O. The topological polar surface area (TPSA) is 46.3 Å². The summed E-state index contributed by atoms with van der Waals surface area (Å²) in [5, 5.41) is 0. The number of rotatable bonds is 3. The van der Waals surface area contributed by atoms with Crippen LogP contribution in [0.4, 0.5) is 0 Å². The van der Waals surface area contributed by atoms with Crippen LogP contribution in [0.25, 0.3) is 0 Å². The van der Waals surface area contributed by atoms with E-state index in [9.17, 15) is 4.79 Å². The van der Waals surface area contributed by atoms with E-state index < -0.39 is 0 Å². The van der Waals surface area contributed by atoms with Crippen molar-refractivity contribution in [2.75, 3.05) is 19.6 Å². The Morgan fingerprint density at radius 2 is 1.61 bits per heavy atom. The second-order valence-corrected chi connectivity index (χ2v) is 6.39. The Morgan fingerprint density at radius 1 is 1.06 bits per heavy atom. The highest BCUT2D eigenvalue weighted by atomic mass is 16.2. The fourth-order valence-electron chi connectivity index (χ4n) is 3.31. The van der Waals surface area contributed by atoms with Crippen LogP contribution in [0, 0.1) is 17.8 Å². The Labute approximate surface area is 111 Å². The van der Waals surface area contributed by atoms with Crippen LogP contribution in [0.1, 0.15) is 51.9 Å². The maximum absolute atomic E-state index is 12.2. The fourth-order valence-corrected chi connectivity index (χ4v) is 3.31. The first-order chi connectivity index (χ1) is 8.69. The molecule has 18 heavy (non-hydrogen) atoms. The molecule has 3 nitrogen and oxygen atoms in total. The Hall–Kier alpha value is -0.570. The Bertz CT molecular complexity index is 264. The summed E-state index contributed by atoms with van der Waals surface area (Å²) in [6.07, 6.45) is 8.02. The monoisotopic (exact) mass is 252 g/mol. The van der Waals surface area contributed by atoms with E-state index in [-0.39, 0.29) is 0 Å². The van der Waals surface area contributed by atoms with Crippen molar-refractivity contribution in [1.29, 1.82) is 0 Å². The van der Waals surface area contributed by atoms with Gasteiger partial charge < -0.3 is 10.6 Å². The molecular weight excluding hydrogens is 224 g/mol. The minimum atomic E-state index is 0.401. The summed E-state index contributed by atoms with van der Waals surface area (Å²) in [5.74, 6) is 2.54. The molecule has 2 rings (SSSR count). The molecule has 1 saturated heterocycles. The summed E-state index contributed by atoms with van der Waals surface area (Å²) in [6.45, 7) is 5.08. The average molecular weight is 252 g/mol. The quantitative estimate of drug-likeness (QED) is 0.838. The van der Waals surface area contributed by atoms with E-state index in [1.54, 1.807) is 0 Å². The molecule has 1 aliphatic heterocycles. The molecule has 1 saturated carbocycles. The summed E-state index contributed by atoms with van der Waals surface area (Å²) in [6, 6.07) is 0. The zero-order valence-corrected chi connectivity index (χ0v) is 11.7. The summed E-state index contributed by atoms with van der Waals surface area (Å²) in [7, 11) is 0. The minimum absolute atomic E-state index is 0.401. The molecule has 2 N–H and O–H groups in total. The third-order valence-electron chi connectivity index (χ3n) is 4.90. The van der Waals surface area contributed by atoms with E-state index in [1.807, 2.05) is 0 Å². The van der Waals surface area contributed by atoms with Crippen LogP contribution in [-0.4, -0.2) is 30.4 Å². The molecule has 0 radical (unpaired) electrons. The van der Waals surface area contributed by atoms with Gasteiger partial charge in [-0.15, -0.1) is 0 Å². The highest BCUT2D eigenvalue weighted by Gasteiger charge is 2.26. The number of nitrogens with two attached hydrogens (primary N) is 1. The third-order valence-corrected chi connectivity index (χ3v) is 4.90. The van der Waals surface area contributed by atoms with Gasteiger partial charge in [0.15, 0.2) is 0 Å². The number of likely N-dealkylation sites (tertiary alicyclic amines) is 1. The lowest BCUT2D eigenvalue weighted by molar-refractivity contribution is -0.133. The summed E-state index contributed by atoms with van der Waals surface area (Å²) >= 11 is 0. The van der Waals surface area contributed by atoms with Gasteiger partial charge >= 0.3 is 0 Å². The molecule has 0 aromatic carbocycles. The standard InChI is InChI=1S/C15H28N2O/c1-12-6-8-17(9-7-12)15(18)10-13-2-4-14(11-16)5-3-13/h12-14H,2-11,16H2,1H3. The molecule has 104 valence electrons. The van der Waals surface area contributed by atoms with E-state index in [0.29, 0.717) is 17.7 Å². The zero-order chi connectivity index (χ0) is 13.0. The predicted octanol–water partition coefficient (Wildman–Crippen LogP) is 2.40. The van der Waals surface area contributed by atoms with Crippen molar-refractivity contribution in [2.24, 2.45) is 23.5 Å². The lowest BCUT2D eigenvalue weighted by Gasteiger charge is -2.33. The summed E-state index contributed by atoms with van der Waals surface area (Å²) in [4.78, 5) is 14.3. The Balaban J connectivity index is 1.71. The predicted molar refractivity (Wildman–Crippen MR) is 74.1 cm³/mol. The number of carbonyl (C=O) groups excluding carboxylic acids is 1. The van der Waals surface area contributed by atoms with Crippen LogP contribution in [0.3, 0.4) is 0 Å². The Morgan fingerprint density at radius 3 is 2.17 bits per heavy atom. The van der Waals surface area contributed by atoms with Crippen LogP contribution in [0.5, 0.6) is 0 Å². The van der Waals surface area contributed by atoms with Gasteiger partial charge in [0.2, 0.25) is 5.91 Å². The first-order valence-electron chi connectivity index (χ1n) is 7.67. The highest BCUT2D eigenvalue weighted by Crippen LogP contribution is 2.31. The number of amides is 1. The van der Waals surface area contributed by atoms with E-state index >= 15 is 0 Å². The molecule has 2 aliphatic rings. The normalized spacial score (nSPS) is 30.4. The van der Waals surface area contributed by atoms with Crippen LogP contribution in [0.15, 0.2) is 0 Å². The van der Waals surface area contributed by atoms with Gasteiger partial charge in [-0.1, -0.05) is 6.92 Å². The molecule has 0 aromatic heterocycles. The van der Waals surface area contributed by atoms with E-state index in [0.717, 1.165) is 32.0 Å². The number of hydrogen-bond acceptors (Lipinski definition) is 2. The van der Waals surface area contributed by atoms with Crippen molar-refractivity contribution in [3.05, 3.63) is 0 Å². The van der Waals surface area contributed by atoms with Crippen LogP contribution in [0.2, 0.25) is 0 Å². The van der Waals surface area contributed by atoms with E-state index in [4.69, 9.17) is 5.73 Å².